The molecule has 0 fully saturated rings. The summed E-state index contributed by atoms with van der Waals surface area (Å²) in [5.74, 6) is -0.790. The molecule has 16 heavy (non-hydrogen) atoms. The summed E-state index contributed by atoms with van der Waals surface area (Å²) < 4.78 is 5.22. The molecule has 0 aliphatic rings. The molecule has 0 aliphatic carbocycles. The van der Waals surface area contributed by atoms with Gasteiger partial charge in [-0.2, -0.15) is 0 Å². The summed E-state index contributed by atoms with van der Waals surface area (Å²) in [6.07, 6.45) is 3.03. The van der Waals surface area contributed by atoms with Gasteiger partial charge in [0, 0.05) is 6.20 Å². The Hall–Kier alpha value is -2.15. The maximum atomic E-state index is 10.5. The molecule has 2 aromatic rings. The van der Waals surface area contributed by atoms with E-state index in [9.17, 15) is 4.79 Å². The van der Waals surface area contributed by atoms with E-state index in [2.05, 4.69) is 15.0 Å². The second-order valence-electron chi connectivity index (χ2n) is 3.17. The molecule has 0 amide bonds. The smallest absolute Gasteiger partial charge is 0.324 e. The van der Waals surface area contributed by atoms with Crippen LogP contribution in [0.2, 0.25) is 0 Å². The van der Waals surface area contributed by atoms with Gasteiger partial charge in [-0.15, -0.1) is 0 Å². The van der Waals surface area contributed by atoms with Gasteiger partial charge >= 0.3 is 5.97 Å². The number of fused-ring (bicyclic) bond motifs is 1. The number of H-pyrrole nitrogens is 1. The highest BCUT2D eigenvalue weighted by molar-refractivity contribution is 5.80. The van der Waals surface area contributed by atoms with Crippen LogP contribution >= 0.6 is 0 Å². The van der Waals surface area contributed by atoms with E-state index in [1.54, 1.807) is 12.3 Å². The van der Waals surface area contributed by atoms with Gasteiger partial charge in [-0.1, -0.05) is 0 Å². The van der Waals surface area contributed by atoms with Crippen molar-refractivity contribution in [3.05, 3.63) is 18.6 Å². The minimum absolute atomic E-state index is 0.132. The molecule has 0 aliphatic heterocycles. The molecular weight excluding hydrogens is 212 g/mol. The average Bonchev–Trinajstić information content (AvgIpc) is 2.73. The van der Waals surface area contributed by atoms with Crippen LogP contribution in [0.25, 0.3) is 11.0 Å². The normalized spacial score (nSPS) is 12.6. The monoisotopic (exact) mass is 222 g/mol. The predicted octanol–water partition coefficient (Wildman–Crippen LogP) is -0.251. The number of carboxylic acid groups (broad SMARTS) is 1. The lowest BCUT2D eigenvalue weighted by Gasteiger charge is -2.08. The average molecular weight is 222 g/mol. The quantitative estimate of drug-likeness (QED) is 0.657. The standard InChI is InChI=1S/C9H10N4O3/c10-6(9(14)15)3-16-8-5-1-2-11-7(5)12-4-13-8/h1-2,4,6H,3,10H2,(H,14,15)(H,11,12,13). The molecule has 0 radical (unpaired) electrons. The van der Waals surface area contributed by atoms with Gasteiger partial charge in [-0.3, -0.25) is 4.79 Å². The van der Waals surface area contributed by atoms with Crippen molar-refractivity contribution < 1.29 is 14.6 Å². The molecular formula is C9H10N4O3. The summed E-state index contributed by atoms with van der Waals surface area (Å²) in [6.45, 7) is -0.132. The highest BCUT2D eigenvalue weighted by Gasteiger charge is 2.13. The van der Waals surface area contributed by atoms with Crippen LogP contribution < -0.4 is 10.5 Å². The van der Waals surface area contributed by atoms with E-state index in [0.717, 1.165) is 0 Å². The third-order valence-corrected chi connectivity index (χ3v) is 2.03. The van der Waals surface area contributed by atoms with Gasteiger partial charge in [0.15, 0.2) is 0 Å². The Labute approximate surface area is 90.3 Å². The largest absolute Gasteiger partial charge is 0.480 e. The molecule has 0 saturated carbocycles. The minimum Gasteiger partial charge on any atom is -0.480 e. The maximum absolute atomic E-state index is 10.5. The third kappa shape index (κ3) is 1.94. The maximum Gasteiger partial charge on any atom is 0.324 e. The number of ether oxygens (including phenoxy) is 1. The van der Waals surface area contributed by atoms with Gasteiger partial charge in [0.1, 0.15) is 24.6 Å². The first-order valence-electron chi connectivity index (χ1n) is 4.58. The molecule has 7 heteroatoms. The summed E-state index contributed by atoms with van der Waals surface area (Å²) in [7, 11) is 0. The number of hydrogen-bond donors (Lipinski definition) is 3. The number of aromatic amines is 1. The Bertz CT molecular complexity index is 510. The Balaban J connectivity index is 2.15. The predicted molar refractivity (Wildman–Crippen MR) is 55.0 cm³/mol. The number of rotatable bonds is 4. The zero-order valence-electron chi connectivity index (χ0n) is 8.25. The van der Waals surface area contributed by atoms with Gasteiger partial charge in [0.05, 0.1) is 5.39 Å². The van der Waals surface area contributed by atoms with Crippen molar-refractivity contribution in [2.75, 3.05) is 6.61 Å². The molecule has 0 saturated heterocycles. The van der Waals surface area contributed by atoms with E-state index in [1.807, 2.05) is 0 Å². The zero-order chi connectivity index (χ0) is 11.5. The molecule has 2 heterocycles. The molecule has 2 rings (SSSR count). The second kappa shape index (κ2) is 4.15. The zero-order valence-corrected chi connectivity index (χ0v) is 8.25. The van der Waals surface area contributed by atoms with E-state index >= 15 is 0 Å². The highest BCUT2D eigenvalue weighted by Crippen LogP contribution is 2.19. The van der Waals surface area contributed by atoms with E-state index in [4.69, 9.17) is 15.6 Å². The molecule has 1 unspecified atom stereocenters. The van der Waals surface area contributed by atoms with Crippen molar-refractivity contribution in [2.24, 2.45) is 5.73 Å². The first kappa shape index (κ1) is 10.4. The van der Waals surface area contributed by atoms with Crippen LogP contribution in [0.5, 0.6) is 5.88 Å². The summed E-state index contributed by atoms with van der Waals surface area (Å²) in [4.78, 5) is 21.3. The fourth-order valence-electron chi connectivity index (χ4n) is 1.20. The number of nitrogens with one attached hydrogen (secondary N) is 1. The minimum atomic E-state index is -1.11. The summed E-state index contributed by atoms with van der Waals surface area (Å²) in [6, 6.07) is 0.681. The first-order chi connectivity index (χ1) is 7.68. The topological polar surface area (TPSA) is 114 Å². The SMILES string of the molecule is NC(COc1ncnc2[nH]ccc12)C(=O)O. The van der Waals surface area contributed by atoms with Crippen LogP contribution in [0.1, 0.15) is 0 Å². The van der Waals surface area contributed by atoms with Crippen LogP contribution in [0, 0.1) is 0 Å². The second-order valence-corrected chi connectivity index (χ2v) is 3.17. The molecule has 1 atom stereocenters. The summed E-state index contributed by atoms with van der Waals surface area (Å²) in [5.41, 5.74) is 5.94. The molecule has 84 valence electrons. The lowest BCUT2D eigenvalue weighted by atomic mass is 10.3. The van der Waals surface area contributed by atoms with Crippen molar-refractivity contribution in [1.29, 1.82) is 0 Å². The van der Waals surface area contributed by atoms with Crippen molar-refractivity contribution in [1.82, 2.24) is 15.0 Å². The Kier molecular flexibility index (Phi) is 2.69. The van der Waals surface area contributed by atoms with Gasteiger partial charge in [-0.05, 0) is 6.07 Å². The van der Waals surface area contributed by atoms with Gasteiger partial charge in [-0.25, -0.2) is 9.97 Å². The molecule has 7 nitrogen and oxygen atoms in total. The van der Waals surface area contributed by atoms with Gasteiger partial charge in [0.2, 0.25) is 5.88 Å². The number of hydrogen-bond acceptors (Lipinski definition) is 5. The lowest BCUT2D eigenvalue weighted by molar-refractivity contribution is -0.139. The van der Waals surface area contributed by atoms with E-state index in [0.29, 0.717) is 16.9 Å². The third-order valence-electron chi connectivity index (χ3n) is 2.03. The van der Waals surface area contributed by atoms with Crippen molar-refractivity contribution in [3.8, 4) is 5.88 Å². The van der Waals surface area contributed by atoms with Gasteiger partial charge < -0.3 is 20.6 Å². The number of carboxylic acids is 1. The molecule has 2 aromatic heterocycles. The van der Waals surface area contributed by atoms with Crippen LogP contribution in [-0.2, 0) is 4.79 Å². The van der Waals surface area contributed by atoms with Gasteiger partial charge in [0.25, 0.3) is 0 Å². The molecule has 0 aromatic carbocycles. The van der Waals surface area contributed by atoms with Crippen LogP contribution in [0.4, 0.5) is 0 Å². The number of nitrogens with two attached hydrogens (primary N) is 1. The lowest BCUT2D eigenvalue weighted by Crippen LogP contribution is -2.36. The number of nitrogens with zero attached hydrogens (tertiary/aromatic N) is 2. The van der Waals surface area contributed by atoms with Crippen LogP contribution in [0.15, 0.2) is 18.6 Å². The molecule has 4 N–H and O–H groups in total. The van der Waals surface area contributed by atoms with E-state index < -0.39 is 12.0 Å². The van der Waals surface area contributed by atoms with Crippen LogP contribution in [0.3, 0.4) is 0 Å². The Morgan fingerprint density at radius 1 is 1.62 bits per heavy atom. The highest BCUT2D eigenvalue weighted by atomic mass is 16.5. The van der Waals surface area contributed by atoms with Crippen molar-refractivity contribution in [3.63, 3.8) is 0 Å². The van der Waals surface area contributed by atoms with Crippen molar-refractivity contribution >= 4 is 17.0 Å². The first-order valence-corrected chi connectivity index (χ1v) is 4.58. The summed E-state index contributed by atoms with van der Waals surface area (Å²) >= 11 is 0. The van der Waals surface area contributed by atoms with Crippen LogP contribution in [-0.4, -0.2) is 38.7 Å². The van der Waals surface area contributed by atoms with Crippen molar-refractivity contribution in [2.45, 2.75) is 6.04 Å². The van der Waals surface area contributed by atoms with E-state index in [1.165, 1.54) is 6.33 Å². The number of carbonyl (C=O) groups is 1. The molecule has 0 bridgehead atoms. The number of aromatic nitrogens is 3. The molecule has 0 spiro atoms. The summed E-state index contributed by atoms with van der Waals surface area (Å²) in [5, 5.41) is 9.28. The Morgan fingerprint density at radius 2 is 2.44 bits per heavy atom. The van der Waals surface area contributed by atoms with E-state index in [-0.39, 0.29) is 6.61 Å². The Morgan fingerprint density at radius 3 is 3.19 bits per heavy atom. The fourth-order valence-corrected chi connectivity index (χ4v) is 1.20. The number of aliphatic carboxylic acids is 1. The fraction of sp³-hybridized carbons (Fsp3) is 0.222.